The number of urea groups is 1. The van der Waals surface area contributed by atoms with Crippen molar-refractivity contribution in [2.75, 3.05) is 13.7 Å². The first-order valence-electron chi connectivity index (χ1n) is 5.22. The van der Waals surface area contributed by atoms with E-state index in [9.17, 15) is 4.79 Å². The van der Waals surface area contributed by atoms with Gasteiger partial charge in [0.05, 0.1) is 19.2 Å². The van der Waals surface area contributed by atoms with E-state index in [1.165, 1.54) is 0 Å². The molecular formula is C12H15N3O2. The fourth-order valence-corrected chi connectivity index (χ4v) is 1.34. The minimum absolute atomic E-state index is 0.00116. The number of benzene rings is 1. The van der Waals surface area contributed by atoms with E-state index in [-0.39, 0.29) is 18.6 Å². The van der Waals surface area contributed by atoms with Crippen LogP contribution in [0.3, 0.4) is 0 Å². The summed E-state index contributed by atoms with van der Waals surface area (Å²) in [5.41, 5.74) is 0.970. The van der Waals surface area contributed by atoms with Gasteiger partial charge < -0.3 is 15.4 Å². The van der Waals surface area contributed by atoms with Gasteiger partial charge in [0.1, 0.15) is 12.3 Å². The lowest BCUT2D eigenvalue weighted by molar-refractivity contribution is 0.239. The summed E-state index contributed by atoms with van der Waals surface area (Å²) in [6.07, 6.45) is 0. The molecular weight excluding hydrogens is 218 g/mol. The topological polar surface area (TPSA) is 74.2 Å². The number of amides is 2. The quantitative estimate of drug-likeness (QED) is 0.775. The van der Waals surface area contributed by atoms with Crippen LogP contribution in [0, 0.1) is 11.3 Å². The molecule has 17 heavy (non-hydrogen) atoms. The molecule has 1 atom stereocenters. The molecule has 0 heterocycles. The number of nitrogens with one attached hydrogen (secondary N) is 2. The number of methoxy groups -OCH3 is 1. The summed E-state index contributed by atoms with van der Waals surface area (Å²) < 4.78 is 5.05. The van der Waals surface area contributed by atoms with Gasteiger partial charge in [0, 0.05) is 0 Å². The molecule has 2 N–H and O–H groups in total. The average molecular weight is 233 g/mol. The molecule has 0 aliphatic carbocycles. The number of carbonyl (C=O) groups is 1. The van der Waals surface area contributed by atoms with Gasteiger partial charge >= 0.3 is 6.03 Å². The van der Waals surface area contributed by atoms with Crippen molar-refractivity contribution in [3.63, 3.8) is 0 Å². The van der Waals surface area contributed by atoms with Gasteiger partial charge in [0.2, 0.25) is 0 Å². The highest BCUT2D eigenvalue weighted by atomic mass is 16.5. The first-order valence-corrected chi connectivity index (χ1v) is 5.22. The number of ether oxygens (including phenoxy) is 1. The normalized spacial score (nSPS) is 11.1. The zero-order chi connectivity index (χ0) is 12.7. The molecule has 0 saturated heterocycles. The maximum atomic E-state index is 11.3. The molecule has 90 valence electrons. The summed E-state index contributed by atoms with van der Waals surface area (Å²) in [6, 6.07) is 8.79. The van der Waals surface area contributed by atoms with Crippen LogP contribution in [0.15, 0.2) is 24.3 Å². The van der Waals surface area contributed by atoms with Crippen molar-refractivity contribution in [3.05, 3.63) is 29.8 Å². The fraction of sp³-hybridized carbons (Fsp3) is 0.333. The number of hydrogen-bond donors (Lipinski definition) is 2. The molecule has 1 rings (SSSR count). The largest absolute Gasteiger partial charge is 0.497 e. The Hall–Kier alpha value is -2.22. The van der Waals surface area contributed by atoms with Crippen LogP contribution in [0.5, 0.6) is 5.75 Å². The van der Waals surface area contributed by atoms with Gasteiger partial charge in [-0.05, 0) is 24.6 Å². The fourth-order valence-electron chi connectivity index (χ4n) is 1.34. The monoisotopic (exact) mass is 233 g/mol. The maximum Gasteiger partial charge on any atom is 0.316 e. The van der Waals surface area contributed by atoms with E-state index in [2.05, 4.69) is 10.6 Å². The molecule has 0 aliphatic rings. The lowest BCUT2D eigenvalue weighted by atomic mass is 10.1. The molecule has 0 fully saturated rings. The lowest BCUT2D eigenvalue weighted by Crippen LogP contribution is -2.37. The number of hydrogen-bond acceptors (Lipinski definition) is 3. The van der Waals surface area contributed by atoms with Crippen molar-refractivity contribution in [1.29, 1.82) is 5.26 Å². The third-order valence-electron chi connectivity index (χ3n) is 2.29. The van der Waals surface area contributed by atoms with Crippen molar-refractivity contribution >= 4 is 6.03 Å². The second kappa shape index (κ2) is 6.38. The van der Waals surface area contributed by atoms with Crippen LogP contribution < -0.4 is 15.4 Å². The predicted molar refractivity (Wildman–Crippen MR) is 63.6 cm³/mol. The Balaban J connectivity index is 2.54. The molecule has 0 radical (unpaired) electrons. The number of nitrogens with zero attached hydrogens (tertiary/aromatic N) is 1. The third kappa shape index (κ3) is 4.03. The molecule has 1 unspecified atom stereocenters. The van der Waals surface area contributed by atoms with E-state index in [0.29, 0.717) is 0 Å². The molecule has 0 saturated carbocycles. The highest BCUT2D eigenvalue weighted by Crippen LogP contribution is 2.16. The first kappa shape index (κ1) is 12.8. The Morgan fingerprint density at radius 1 is 1.47 bits per heavy atom. The van der Waals surface area contributed by atoms with Crippen molar-refractivity contribution in [2.24, 2.45) is 0 Å². The average Bonchev–Trinajstić information content (AvgIpc) is 2.36. The van der Waals surface area contributed by atoms with Crippen LogP contribution in [0.25, 0.3) is 0 Å². The lowest BCUT2D eigenvalue weighted by Gasteiger charge is -2.14. The third-order valence-corrected chi connectivity index (χ3v) is 2.29. The molecule has 0 aliphatic heterocycles. The minimum atomic E-state index is -0.352. The van der Waals surface area contributed by atoms with Crippen LogP contribution in [0.4, 0.5) is 4.79 Å². The zero-order valence-corrected chi connectivity index (χ0v) is 9.86. The highest BCUT2D eigenvalue weighted by Gasteiger charge is 2.08. The van der Waals surface area contributed by atoms with Gasteiger partial charge in [-0.3, -0.25) is 0 Å². The van der Waals surface area contributed by atoms with Gasteiger partial charge in [0.15, 0.2) is 0 Å². The molecule has 5 nitrogen and oxygen atoms in total. The highest BCUT2D eigenvalue weighted by molar-refractivity contribution is 5.74. The second-order valence-corrected chi connectivity index (χ2v) is 3.48. The molecule has 1 aromatic rings. The summed E-state index contributed by atoms with van der Waals surface area (Å²) >= 11 is 0. The van der Waals surface area contributed by atoms with E-state index < -0.39 is 0 Å². The summed E-state index contributed by atoms with van der Waals surface area (Å²) in [5, 5.41) is 13.5. The number of carbonyl (C=O) groups excluding carboxylic acids is 1. The van der Waals surface area contributed by atoms with Crippen LogP contribution in [-0.2, 0) is 0 Å². The van der Waals surface area contributed by atoms with Gasteiger partial charge in [-0.25, -0.2) is 4.79 Å². The van der Waals surface area contributed by atoms with Crippen LogP contribution in [0.2, 0.25) is 0 Å². The smallest absolute Gasteiger partial charge is 0.316 e. The van der Waals surface area contributed by atoms with Crippen molar-refractivity contribution in [2.45, 2.75) is 13.0 Å². The van der Waals surface area contributed by atoms with Crippen molar-refractivity contribution in [1.82, 2.24) is 10.6 Å². The van der Waals surface area contributed by atoms with Crippen LogP contribution >= 0.6 is 0 Å². The van der Waals surface area contributed by atoms with Gasteiger partial charge in [-0.2, -0.15) is 5.26 Å². The van der Waals surface area contributed by atoms with E-state index in [4.69, 9.17) is 10.00 Å². The summed E-state index contributed by atoms with van der Waals surface area (Å²) in [4.78, 5) is 11.3. The predicted octanol–water partition coefficient (Wildman–Crippen LogP) is 1.58. The zero-order valence-electron chi connectivity index (χ0n) is 9.86. The molecule has 5 heteroatoms. The van der Waals surface area contributed by atoms with Crippen molar-refractivity contribution < 1.29 is 9.53 Å². The summed E-state index contributed by atoms with van der Waals surface area (Å²) in [7, 11) is 1.60. The minimum Gasteiger partial charge on any atom is -0.497 e. The van der Waals surface area contributed by atoms with E-state index in [0.717, 1.165) is 11.3 Å². The number of rotatable bonds is 4. The Kier molecular flexibility index (Phi) is 4.82. The molecule has 1 aromatic carbocycles. The Morgan fingerprint density at radius 2 is 2.12 bits per heavy atom. The van der Waals surface area contributed by atoms with Crippen molar-refractivity contribution in [3.8, 4) is 11.8 Å². The Labute approximate surface area is 100 Å². The Bertz CT molecular complexity index is 409. The molecule has 2 amide bonds. The molecule has 0 aromatic heterocycles. The second-order valence-electron chi connectivity index (χ2n) is 3.48. The van der Waals surface area contributed by atoms with Crippen LogP contribution in [0.1, 0.15) is 18.5 Å². The first-order chi connectivity index (χ1) is 8.17. The van der Waals surface area contributed by atoms with E-state index in [1.807, 2.05) is 37.3 Å². The number of nitriles is 1. The SMILES string of the molecule is COc1ccc(C(C)NC(=O)NCC#N)cc1. The van der Waals surface area contributed by atoms with Gasteiger partial charge in [0.25, 0.3) is 0 Å². The molecule has 0 spiro atoms. The van der Waals surface area contributed by atoms with Gasteiger partial charge in [-0.1, -0.05) is 12.1 Å². The van der Waals surface area contributed by atoms with E-state index in [1.54, 1.807) is 7.11 Å². The van der Waals surface area contributed by atoms with E-state index >= 15 is 0 Å². The van der Waals surface area contributed by atoms with Gasteiger partial charge in [-0.15, -0.1) is 0 Å². The maximum absolute atomic E-state index is 11.3. The molecule has 0 bridgehead atoms. The van der Waals surface area contributed by atoms with Crippen LogP contribution in [-0.4, -0.2) is 19.7 Å². The Morgan fingerprint density at radius 3 is 2.65 bits per heavy atom. The standard InChI is InChI=1S/C12H15N3O2/c1-9(15-12(16)14-8-7-13)10-3-5-11(17-2)6-4-10/h3-6,9H,8H2,1-2H3,(H2,14,15,16). The summed E-state index contributed by atoms with van der Waals surface area (Å²) in [5.74, 6) is 0.773. The summed E-state index contributed by atoms with van der Waals surface area (Å²) in [6.45, 7) is 1.87.